The smallest absolute Gasteiger partial charge is 0.152 e. The van der Waals surface area contributed by atoms with Gasteiger partial charge in [0.05, 0.1) is 6.33 Å². The molecule has 0 atom stereocenters. The molecule has 2 aromatic rings. The van der Waals surface area contributed by atoms with Gasteiger partial charge in [0.25, 0.3) is 0 Å². The number of anilines is 1. The van der Waals surface area contributed by atoms with Crippen LogP contribution in [-0.2, 0) is 6.54 Å². The summed E-state index contributed by atoms with van der Waals surface area (Å²) in [5.41, 5.74) is -0.290. The number of halogens is 3. The maximum Gasteiger partial charge on any atom is 0.152 e. The summed E-state index contributed by atoms with van der Waals surface area (Å²) in [7, 11) is 0. The first kappa shape index (κ1) is 12.5. The largest absolute Gasteiger partial charge is 0.380 e. The van der Waals surface area contributed by atoms with Crippen molar-refractivity contribution in [2.45, 2.75) is 13.0 Å². The quantitative estimate of drug-likeness (QED) is 0.832. The molecule has 0 fully saturated rings. The lowest BCUT2D eigenvalue weighted by atomic mass is 10.2. The van der Waals surface area contributed by atoms with E-state index in [1.54, 1.807) is 18.7 Å². The Balaban J connectivity index is 1.87. The molecule has 1 aromatic heterocycles. The molecule has 0 radical (unpaired) electrons. The predicted octanol–water partition coefficient (Wildman–Crippen LogP) is 2.80. The third-order valence-electron chi connectivity index (χ3n) is 2.46. The fourth-order valence-electron chi connectivity index (χ4n) is 1.61. The van der Waals surface area contributed by atoms with Crippen molar-refractivity contribution in [2.75, 3.05) is 11.9 Å². The van der Waals surface area contributed by atoms with Gasteiger partial charge in [0.15, 0.2) is 11.6 Å². The molecule has 0 saturated heterocycles. The van der Waals surface area contributed by atoms with Crippen LogP contribution in [-0.4, -0.2) is 16.1 Å². The second kappa shape index (κ2) is 5.57. The molecule has 0 unspecified atom stereocenters. The van der Waals surface area contributed by atoms with Gasteiger partial charge in [-0.1, -0.05) is 0 Å². The Labute approximate surface area is 102 Å². The lowest BCUT2D eigenvalue weighted by molar-refractivity contribution is 0.546. The fraction of sp³-hybridized carbons (Fsp3) is 0.250. The van der Waals surface area contributed by atoms with Gasteiger partial charge >= 0.3 is 0 Å². The highest BCUT2D eigenvalue weighted by molar-refractivity contribution is 5.46. The SMILES string of the molecule is Fc1cc(F)c(NCCCn2ccnc2)c(F)c1. The molecule has 0 spiro atoms. The van der Waals surface area contributed by atoms with Gasteiger partial charge in [-0.2, -0.15) is 0 Å². The van der Waals surface area contributed by atoms with Crippen LogP contribution >= 0.6 is 0 Å². The highest BCUT2D eigenvalue weighted by Gasteiger charge is 2.10. The lowest BCUT2D eigenvalue weighted by Gasteiger charge is -2.09. The van der Waals surface area contributed by atoms with Gasteiger partial charge < -0.3 is 9.88 Å². The van der Waals surface area contributed by atoms with Crippen molar-refractivity contribution in [3.63, 3.8) is 0 Å². The summed E-state index contributed by atoms with van der Waals surface area (Å²) >= 11 is 0. The number of aryl methyl sites for hydroxylation is 1. The number of imidazole rings is 1. The van der Waals surface area contributed by atoms with Crippen LogP contribution in [0.3, 0.4) is 0 Å². The van der Waals surface area contributed by atoms with Crippen molar-refractivity contribution in [1.29, 1.82) is 0 Å². The number of benzene rings is 1. The second-order valence-corrected chi connectivity index (χ2v) is 3.83. The molecular weight excluding hydrogens is 243 g/mol. The summed E-state index contributed by atoms with van der Waals surface area (Å²) in [4.78, 5) is 3.88. The van der Waals surface area contributed by atoms with Crippen LogP contribution in [0.4, 0.5) is 18.9 Å². The molecule has 3 nitrogen and oxygen atoms in total. The molecule has 0 aliphatic carbocycles. The van der Waals surface area contributed by atoms with E-state index in [1.165, 1.54) is 0 Å². The summed E-state index contributed by atoms with van der Waals surface area (Å²) in [5, 5.41) is 2.62. The molecule has 0 saturated carbocycles. The number of aromatic nitrogens is 2. The van der Waals surface area contributed by atoms with E-state index in [2.05, 4.69) is 10.3 Å². The van der Waals surface area contributed by atoms with Gasteiger partial charge in [-0.15, -0.1) is 0 Å². The highest BCUT2D eigenvalue weighted by atomic mass is 19.1. The van der Waals surface area contributed by atoms with Crippen molar-refractivity contribution in [3.05, 3.63) is 48.3 Å². The molecule has 0 amide bonds. The Morgan fingerprint density at radius 2 is 1.89 bits per heavy atom. The maximum absolute atomic E-state index is 13.3. The van der Waals surface area contributed by atoms with E-state index in [0.717, 1.165) is 0 Å². The van der Waals surface area contributed by atoms with Crippen LogP contribution in [0.2, 0.25) is 0 Å². The summed E-state index contributed by atoms with van der Waals surface area (Å²) in [6, 6.07) is 1.31. The average Bonchev–Trinajstić information content (AvgIpc) is 2.79. The summed E-state index contributed by atoms with van der Waals surface area (Å²) in [5.74, 6) is -2.76. The fourth-order valence-corrected chi connectivity index (χ4v) is 1.61. The number of nitrogens with one attached hydrogen (secondary N) is 1. The Morgan fingerprint density at radius 3 is 2.50 bits per heavy atom. The van der Waals surface area contributed by atoms with Gasteiger partial charge in [-0.05, 0) is 6.42 Å². The van der Waals surface area contributed by atoms with E-state index in [0.29, 0.717) is 31.6 Å². The van der Waals surface area contributed by atoms with Crippen LogP contribution in [0.1, 0.15) is 6.42 Å². The minimum Gasteiger partial charge on any atom is -0.380 e. The van der Waals surface area contributed by atoms with Crippen LogP contribution in [0.5, 0.6) is 0 Å². The molecule has 96 valence electrons. The zero-order chi connectivity index (χ0) is 13.0. The van der Waals surface area contributed by atoms with Crippen LogP contribution in [0.15, 0.2) is 30.9 Å². The third-order valence-corrected chi connectivity index (χ3v) is 2.46. The normalized spacial score (nSPS) is 10.6. The number of hydrogen-bond acceptors (Lipinski definition) is 2. The topological polar surface area (TPSA) is 29.9 Å². The average molecular weight is 255 g/mol. The first-order valence-corrected chi connectivity index (χ1v) is 5.51. The van der Waals surface area contributed by atoms with Crippen molar-refractivity contribution in [1.82, 2.24) is 9.55 Å². The van der Waals surface area contributed by atoms with Crippen molar-refractivity contribution >= 4 is 5.69 Å². The molecule has 1 heterocycles. The van der Waals surface area contributed by atoms with E-state index >= 15 is 0 Å². The van der Waals surface area contributed by atoms with E-state index < -0.39 is 17.5 Å². The molecule has 1 aromatic carbocycles. The van der Waals surface area contributed by atoms with Gasteiger partial charge in [-0.3, -0.25) is 0 Å². The van der Waals surface area contributed by atoms with Gasteiger partial charge in [0.1, 0.15) is 11.5 Å². The van der Waals surface area contributed by atoms with Crippen LogP contribution in [0.25, 0.3) is 0 Å². The first-order chi connectivity index (χ1) is 8.66. The van der Waals surface area contributed by atoms with E-state index in [4.69, 9.17) is 0 Å². The molecule has 0 bridgehead atoms. The summed E-state index contributed by atoms with van der Waals surface area (Å²) < 4.78 is 41.0. The van der Waals surface area contributed by atoms with E-state index in [1.807, 2.05) is 4.57 Å². The van der Waals surface area contributed by atoms with Gasteiger partial charge in [0.2, 0.25) is 0 Å². The maximum atomic E-state index is 13.3. The minimum absolute atomic E-state index is 0.290. The summed E-state index contributed by atoms with van der Waals surface area (Å²) in [6.45, 7) is 1.08. The second-order valence-electron chi connectivity index (χ2n) is 3.83. The number of hydrogen-bond donors (Lipinski definition) is 1. The number of rotatable bonds is 5. The minimum atomic E-state index is -0.922. The van der Waals surface area contributed by atoms with Crippen LogP contribution in [0, 0.1) is 17.5 Å². The van der Waals surface area contributed by atoms with E-state index in [9.17, 15) is 13.2 Å². The Morgan fingerprint density at radius 1 is 1.17 bits per heavy atom. The van der Waals surface area contributed by atoms with Gasteiger partial charge in [0, 0.05) is 37.6 Å². The molecule has 18 heavy (non-hydrogen) atoms. The molecule has 6 heteroatoms. The number of nitrogens with zero attached hydrogens (tertiary/aromatic N) is 2. The first-order valence-electron chi connectivity index (χ1n) is 5.51. The molecule has 2 rings (SSSR count). The molecule has 0 aliphatic rings. The molecule has 1 N–H and O–H groups in total. The highest BCUT2D eigenvalue weighted by Crippen LogP contribution is 2.19. The zero-order valence-corrected chi connectivity index (χ0v) is 9.54. The Kier molecular flexibility index (Phi) is 3.86. The van der Waals surface area contributed by atoms with Crippen molar-refractivity contribution in [2.24, 2.45) is 0 Å². The third kappa shape index (κ3) is 3.03. The molecule has 0 aliphatic heterocycles. The lowest BCUT2D eigenvalue weighted by Crippen LogP contribution is -2.08. The van der Waals surface area contributed by atoms with Crippen LogP contribution < -0.4 is 5.32 Å². The standard InChI is InChI=1S/C12H12F3N3/c13-9-6-10(14)12(11(15)7-9)17-2-1-4-18-5-3-16-8-18/h3,5-8,17H,1-2,4H2. The van der Waals surface area contributed by atoms with E-state index in [-0.39, 0.29) is 5.69 Å². The Hall–Kier alpha value is -1.98. The monoisotopic (exact) mass is 255 g/mol. The molecular formula is C12H12F3N3. The van der Waals surface area contributed by atoms with Crippen molar-refractivity contribution < 1.29 is 13.2 Å². The zero-order valence-electron chi connectivity index (χ0n) is 9.54. The summed E-state index contributed by atoms with van der Waals surface area (Å²) in [6.07, 6.45) is 5.80. The predicted molar refractivity (Wildman–Crippen MR) is 61.6 cm³/mol. The van der Waals surface area contributed by atoms with Crippen molar-refractivity contribution in [3.8, 4) is 0 Å². The Bertz CT molecular complexity index is 488. The van der Waals surface area contributed by atoms with Gasteiger partial charge in [-0.25, -0.2) is 18.2 Å².